The summed E-state index contributed by atoms with van der Waals surface area (Å²) in [5.41, 5.74) is -0.914. The Bertz CT molecular complexity index is 676. The van der Waals surface area contributed by atoms with Crippen LogP contribution in [0.2, 0.25) is 0 Å². The van der Waals surface area contributed by atoms with Crippen molar-refractivity contribution in [3.8, 4) is 5.75 Å². The lowest BCUT2D eigenvalue weighted by Gasteiger charge is -2.32. The number of benzene rings is 1. The van der Waals surface area contributed by atoms with Gasteiger partial charge in [0, 0.05) is 0 Å². The third-order valence-electron chi connectivity index (χ3n) is 4.84. The molecular weight excluding hydrogens is 357 g/mol. The summed E-state index contributed by atoms with van der Waals surface area (Å²) in [6.45, 7) is 17.7. The van der Waals surface area contributed by atoms with Gasteiger partial charge in [-0.15, -0.1) is 0 Å². The number of alkyl carbamates (subject to hydrolysis) is 1. The van der Waals surface area contributed by atoms with E-state index in [-0.39, 0.29) is 11.2 Å². The second kappa shape index (κ2) is 7.60. The minimum absolute atomic E-state index is 0.308. The second-order valence-electron chi connectivity index (χ2n) is 9.96. The molecule has 1 aliphatic heterocycles. The smallest absolute Gasteiger partial charge is 0.491 e. The van der Waals surface area contributed by atoms with Crippen molar-refractivity contribution in [2.45, 2.75) is 84.7 Å². The van der Waals surface area contributed by atoms with Crippen LogP contribution in [0.4, 0.5) is 4.79 Å². The fourth-order valence-electron chi connectivity index (χ4n) is 2.58. The lowest BCUT2D eigenvalue weighted by atomic mass is 9.79. The predicted octanol–water partition coefficient (Wildman–Crippen LogP) is 3.67. The molecule has 0 bridgehead atoms. The van der Waals surface area contributed by atoms with Gasteiger partial charge in [-0.3, -0.25) is 0 Å². The molecule has 1 heterocycles. The van der Waals surface area contributed by atoms with Crippen molar-refractivity contribution >= 4 is 18.7 Å². The topological polar surface area (TPSA) is 66.0 Å². The van der Waals surface area contributed by atoms with Crippen LogP contribution in [0.5, 0.6) is 5.75 Å². The molecule has 156 valence electrons. The van der Waals surface area contributed by atoms with Gasteiger partial charge in [-0.2, -0.15) is 0 Å². The van der Waals surface area contributed by atoms with Crippen molar-refractivity contribution in [1.29, 1.82) is 0 Å². The molecule has 0 atom stereocenters. The number of carbonyl (C=O) groups excluding carboxylic acids is 1. The molecule has 1 aliphatic rings. The minimum Gasteiger partial charge on any atom is -0.491 e. The SMILES string of the molecule is CC(C)(COc1ccc(B2OC(C)(C)C(C)(C)O2)cc1)NC(=O)OC(C)(C)C. The molecule has 1 amide bonds. The van der Waals surface area contributed by atoms with E-state index in [1.807, 2.05) is 86.6 Å². The molecule has 6 nitrogen and oxygen atoms in total. The zero-order chi connectivity index (χ0) is 21.4. The average molecular weight is 391 g/mol. The van der Waals surface area contributed by atoms with Gasteiger partial charge in [0.2, 0.25) is 0 Å². The molecule has 1 N–H and O–H groups in total. The van der Waals surface area contributed by atoms with Gasteiger partial charge >= 0.3 is 13.2 Å². The Kier molecular flexibility index (Phi) is 6.12. The minimum atomic E-state index is -0.577. The molecule has 0 unspecified atom stereocenters. The molecular formula is C21H34BNO5. The summed E-state index contributed by atoms with van der Waals surface area (Å²) in [6, 6.07) is 7.63. The van der Waals surface area contributed by atoms with E-state index < -0.39 is 24.4 Å². The highest BCUT2D eigenvalue weighted by Gasteiger charge is 2.51. The number of carbonyl (C=O) groups is 1. The number of hydrogen-bond acceptors (Lipinski definition) is 5. The maximum Gasteiger partial charge on any atom is 0.494 e. The van der Waals surface area contributed by atoms with Crippen LogP contribution in [0.3, 0.4) is 0 Å². The number of ether oxygens (including phenoxy) is 2. The van der Waals surface area contributed by atoms with E-state index in [1.165, 1.54) is 0 Å². The molecule has 0 spiro atoms. The summed E-state index contributed by atoms with van der Waals surface area (Å²) >= 11 is 0. The standard InChI is InChI=1S/C21H34BNO5/c1-18(2,3)26-17(24)23-19(4,5)14-25-16-12-10-15(11-13-16)22-27-20(6,7)21(8,9)28-22/h10-13H,14H2,1-9H3,(H,23,24). The molecule has 1 aromatic carbocycles. The Morgan fingerprint density at radius 2 is 1.50 bits per heavy atom. The third kappa shape index (κ3) is 5.88. The molecule has 0 radical (unpaired) electrons. The van der Waals surface area contributed by atoms with Gasteiger partial charge in [0.25, 0.3) is 0 Å². The molecule has 1 fully saturated rings. The normalized spacial score (nSPS) is 18.7. The van der Waals surface area contributed by atoms with Gasteiger partial charge in [0.1, 0.15) is 18.0 Å². The number of nitrogens with one attached hydrogen (secondary N) is 1. The Hall–Kier alpha value is -1.73. The maximum atomic E-state index is 12.0. The molecule has 0 aliphatic carbocycles. The lowest BCUT2D eigenvalue weighted by molar-refractivity contribution is 0.00578. The van der Waals surface area contributed by atoms with Gasteiger partial charge in [0.05, 0.1) is 16.7 Å². The largest absolute Gasteiger partial charge is 0.494 e. The summed E-state index contributed by atoms with van der Waals surface area (Å²) in [5, 5.41) is 2.83. The van der Waals surface area contributed by atoms with Gasteiger partial charge in [-0.25, -0.2) is 4.79 Å². The van der Waals surface area contributed by atoms with Crippen LogP contribution < -0.4 is 15.5 Å². The van der Waals surface area contributed by atoms with Crippen LogP contribution in [-0.2, 0) is 14.0 Å². The van der Waals surface area contributed by atoms with Gasteiger partial charge in [0.15, 0.2) is 0 Å². The quantitative estimate of drug-likeness (QED) is 0.776. The van der Waals surface area contributed by atoms with Crippen LogP contribution in [-0.4, -0.2) is 42.2 Å². The molecule has 1 saturated heterocycles. The van der Waals surface area contributed by atoms with Crippen LogP contribution >= 0.6 is 0 Å². The zero-order valence-corrected chi connectivity index (χ0v) is 18.6. The average Bonchev–Trinajstić information content (AvgIpc) is 2.71. The first-order chi connectivity index (χ1) is 12.6. The molecule has 1 aromatic rings. The first kappa shape index (κ1) is 22.6. The van der Waals surface area contributed by atoms with Crippen molar-refractivity contribution in [1.82, 2.24) is 5.32 Å². The van der Waals surface area contributed by atoms with Gasteiger partial charge in [-0.1, -0.05) is 12.1 Å². The van der Waals surface area contributed by atoms with Crippen LogP contribution in [0.25, 0.3) is 0 Å². The van der Waals surface area contributed by atoms with E-state index >= 15 is 0 Å². The van der Waals surface area contributed by atoms with E-state index in [0.717, 1.165) is 5.46 Å². The summed E-state index contributed by atoms with van der Waals surface area (Å²) in [6.07, 6.45) is -0.461. The molecule has 28 heavy (non-hydrogen) atoms. The summed E-state index contributed by atoms with van der Waals surface area (Å²) in [7, 11) is -0.399. The Morgan fingerprint density at radius 1 is 1.00 bits per heavy atom. The Morgan fingerprint density at radius 3 is 1.96 bits per heavy atom. The number of rotatable bonds is 5. The van der Waals surface area contributed by atoms with E-state index in [9.17, 15) is 4.79 Å². The fraction of sp³-hybridized carbons (Fsp3) is 0.667. The van der Waals surface area contributed by atoms with Crippen molar-refractivity contribution in [3.05, 3.63) is 24.3 Å². The molecule has 7 heteroatoms. The highest BCUT2D eigenvalue weighted by Crippen LogP contribution is 2.36. The lowest BCUT2D eigenvalue weighted by Crippen LogP contribution is -2.49. The molecule has 0 saturated carbocycles. The van der Waals surface area contributed by atoms with Crippen LogP contribution in [0.15, 0.2) is 24.3 Å². The van der Waals surface area contributed by atoms with Gasteiger partial charge in [-0.05, 0) is 79.9 Å². The monoisotopic (exact) mass is 391 g/mol. The van der Waals surface area contributed by atoms with Crippen molar-refractivity contribution in [2.75, 3.05) is 6.61 Å². The van der Waals surface area contributed by atoms with Crippen LogP contribution in [0.1, 0.15) is 62.3 Å². The summed E-state index contributed by atoms with van der Waals surface area (Å²) in [4.78, 5) is 12.0. The van der Waals surface area contributed by atoms with E-state index in [2.05, 4.69) is 5.32 Å². The first-order valence-corrected chi connectivity index (χ1v) is 9.70. The second-order valence-corrected chi connectivity index (χ2v) is 9.96. The highest BCUT2D eigenvalue weighted by atomic mass is 16.7. The molecule has 0 aromatic heterocycles. The summed E-state index contributed by atoms with van der Waals surface area (Å²) < 4.78 is 23.3. The predicted molar refractivity (Wildman–Crippen MR) is 111 cm³/mol. The van der Waals surface area contributed by atoms with E-state index in [0.29, 0.717) is 12.4 Å². The maximum absolute atomic E-state index is 12.0. The van der Waals surface area contributed by atoms with Gasteiger partial charge < -0.3 is 24.1 Å². The van der Waals surface area contributed by atoms with Crippen molar-refractivity contribution in [2.24, 2.45) is 0 Å². The molecule has 2 rings (SSSR count). The van der Waals surface area contributed by atoms with Crippen molar-refractivity contribution < 1.29 is 23.6 Å². The fourth-order valence-corrected chi connectivity index (χ4v) is 2.58. The zero-order valence-electron chi connectivity index (χ0n) is 18.6. The third-order valence-corrected chi connectivity index (χ3v) is 4.84. The highest BCUT2D eigenvalue weighted by molar-refractivity contribution is 6.62. The van der Waals surface area contributed by atoms with Crippen LogP contribution in [0, 0.1) is 0 Å². The number of amides is 1. The first-order valence-electron chi connectivity index (χ1n) is 9.70. The van der Waals surface area contributed by atoms with Crippen molar-refractivity contribution in [3.63, 3.8) is 0 Å². The Labute approximate surface area is 169 Å². The van der Waals surface area contributed by atoms with E-state index in [1.54, 1.807) is 0 Å². The van der Waals surface area contributed by atoms with E-state index in [4.69, 9.17) is 18.8 Å². The number of hydrogen-bond donors (Lipinski definition) is 1. The summed E-state index contributed by atoms with van der Waals surface area (Å²) in [5.74, 6) is 0.708. The Balaban J connectivity index is 1.92.